The fraction of sp³-hybridized carbons (Fsp3) is 0.0357. The average molecular weight is 549 g/mol. The Kier molecular flexibility index (Phi) is 7.19. The number of fused-ring (bicyclic) bond motifs is 1. The van der Waals surface area contributed by atoms with E-state index in [9.17, 15) is 9.59 Å². The Hall–Kier alpha value is -3.78. The monoisotopic (exact) mass is 548 g/mol. The van der Waals surface area contributed by atoms with E-state index in [4.69, 9.17) is 33.0 Å². The van der Waals surface area contributed by atoms with Crippen LogP contribution in [0.25, 0.3) is 16.8 Å². The summed E-state index contributed by atoms with van der Waals surface area (Å²) in [6.07, 6.45) is 1.79. The summed E-state index contributed by atoms with van der Waals surface area (Å²) in [5.41, 5.74) is 2.24. The van der Waals surface area contributed by atoms with Crippen molar-refractivity contribution in [2.45, 2.75) is 6.61 Å². The van der Waals surface area contributed by atoms with Gasteiger partial charge in [0.05, 0.1) is 26.2 Å². The smallest absolute Gasteiger partial charge is 0.335 e. The van der Waals surface area contributed by atoms with E-state index in [1.807, 2.05) is 36.4 Å². The first-order valence-corrected chi connectivity index (χ1v) is 12.7. The first-order valence-electron chi connectivity index (χ1n) is 11.1. The van der Waals surface area contributed by atoms with E-state index in [0.29, 0.717) is 31.6 Å². The molecule has 0 unspecified atom stereocenters. The van der Waals surface area contributed by atoms with Gasteiger partial charge in [0.25, 0.3) is 5.91 Å². The highest BCUT2D eigenvalue weighted by Gasteiger charge is 2.25. The second-order valence-electron chi connectivity index (χ2n) is 8.04. The number of ether oxygens (including phenoxy) is 1. The number of carbonyl (C=O) groups excluding carboxylic acids is 1. The molecule has 184 valence electrons. The van der Waals surface area contributed by atoms with Gasteiger partial charge in [-0.2, -0.15) is 0 Å². The summed E-state index contributed by atoms with van der Waals surface area (Å²) in [4.78, 5) is 28.8. The number of nitrogens with one attached hydrogen (secondary N) is 1. The van der Waals surface area contributed by atoms with Gasteiger partial charge >= 0.3 is 5.97 Å². The van der Waals surface area contributed by atoms with Gasteiger partial charge in [-0.25, -0.2) is 9.79 Å². The van der Waals surface area contributed by atoms with Gasteiger partial charge in [-0.05, 0) is 64.5 Å². The lowest BCUT2D eigenvalue weighted by Gasteiger charge is -2.13. The number of aliphatic imine (C=N–C) groups is 1. The maximum absolute atomic E-state index is 12.8. The van der Waals surface area contributed by atoms with Crippen LogP contribution < -0.4 is 10.1 Å². The number of hydrogen-bond donors (Lipinski definition) is 2. The van der Waals surface area contributed by atoms with Gasteiger partial charge in [0.2, 0.25) is 0 Å². The molecule has 0 spiro atoms. The maximum atomic E-state index is 12.8. The first-order chi connectivity index (χ1) is 17.9. The van der Waals surface area contributed by atoms with Crippen LogP contribution in [0, 0.1) is 0 Å². The molecule has 0 atom stereocenters. The van der Waals surface area contributed by atoms with Gasteiger partial charge in [0.1, 0.15) is 12.4 Å². The Morgan fingerprint density at radius 1 is 1.00 bits per heavy atom. The van der Waals surface area contributed by atoms with Gasteiger partial charge in [-0.15, -0.1) is 0 Å². The van der Waals surface area contributed by atoms with Crippen molar-refractivity contribution >= 4 is 74.5 Å². The van der Waals surface area contributed by atoms with Crippen molar-refractivity contribution in [1.82, 2.24) is 5.32 Å². The van der Waals surface area contributed by atoms with Crippen LogP contribution in [-0.2, 0) is 11.4 Å². The van der Waals surface area contributed by atoms with Gasteiger partial charge in [0, 0.05) is 5.56 Å². The van der Waals surface area contributed by atoms with Crippen LogP contribution in [-0.4, -0.2) is 22.2 Å². The van der Waals surface area contributed by atoms with Crippen molar-refractivity contribution in [3.8, 4) is 5.75 Å². The highest BCUT2D eigenvalue weighted by atomic mass is 35.5. The van der Waals surface area contributed by atoms with E-state index in [1.54, 1.807) is 36.4 Å². The first kappa shape index (κ1) is 24.9. The number of nitrogens with zero attached hydrogens (tertiary/aromatic N) is 1. The van der Waals surface area contributed by atoms with Crippen molar-refractivity contribution in [2.24, 2.45) is 4.99 Å². The zero-order valence-electron chi connectivity index (χ0n) is 19.1. The van der Waals surface area contributed by atoms with Crippen LogP contribution in [0.15, 0.2) is 88.8 Å². The number of amides is 1. The molecule has 37 heavy (non-hydrogen) atoms. The van der Waals surface area contributed by atoms with E-state index in [1.165, 1.54) is 23.9 Å². The van der Waals surface area contributed by atoms with E-state index < -0.39 is 5.97 Å². The minimum Gasteiger partial charge on any atom is -0.488 e. The molecular formula is C28H18Cl2N2O4S. The minimum absolute atomic E-state index is 0.209. The molecule has 1 amide bonds. The number of benzene rings is 4. The Balaban J connectivity index is 1.47. The Labute approximate surface area is 226 Å². The molecule has 1 aliphatic heterocycles. The van der Waals surface area contributed by atoms with E-state index in [2.05, 4.69) is 10.3 Å². The molecule has 4 aromatic carbocycles. The van der Waals surface area contributed by atoms with Gasteiger partial charge in [-0.3, -0.25) is 4.79 Å². The number of hydrogen-bond acceptors (Lipinski definition) is 5. The largest absolute Gasteiger partial charge is 0.488 e. The van der Waals surface area contributed by atoms with E-state index >= 15 is 0 Å². The van der Waals surface area contributed by atoms with Crippen molar-refractivity contribution in [3.05, 3.63) is 111 Å². The number of carboxylic acid groups (broad SMARTS) is 1. The number of halogens is 2. The van der Waals surface area contributed by atoms with Crippen LogP contribution in [0.5, 0.6) is 5.75 Å². The van der Waals surface area contributed by atoms with Crippen molar-refractivity contribution < 1.29 is 19.4 Å². The summed E-state index contributed by atoms with van der Waals surface area (Å²) in [7, 11) is 0. The molecular weight excluding hydrogens is 531 g/mol. The molecule has 6 nitrogen and oxygen atoms in total. The third kappa shape index (κ3) is 5.49. The number of thioether (sulfide) groups is 1. The minimum atomic E-state index is -0.983. The number of aromatic carboxylic acids is 1. The molecule has 1 saturated heterocycles. The molecule has 0 radical (unpaired) electrons. The molecule has 5 rings (SSSR count). The zero-order chi connectivity index (χ0) is 25.9. The Morgan fingerprint density at radius 3 is 2.57 bits per heavy atom. The van der Waals surface area contributed by atoms with Gasteiger partial charge in [0.15, 0.2) is 5.17 Å². The summed E-state index contributed by atoms with van der Waals surface area (Å²) < 4.78 is 6.13. The summed E-state index contributed by atoms with van der Waals surface area (Å²) in [5, 5.41) is 14.9. The number of rotatable bonds is 6. The lowest BCUT2D eigenvalue weighted by molar-refractivity contribution is -0.115. The Morgan fingerprint density at radius 2 is 1.78 bits per heavy atom. The van der Waals surface area contributed by atoms with Crippen LogP contribution in [0.3, 0.4) is 0 Å². The van der Waals surface area contributed by atoms with Crippen molar-refractivity contribution in [1.29, 1.82) is 0 Å². The lowest BCUT2D eigenvalue weighted by atomic mass is 10.0. The fourth-order valence-corrected chi connectivity index (χ4v) is 4.91. The van der Waals surface area contributed by atoms with E-state index in [-0.39, 0.29) is 18.1 Å². The summed E-state index contributed by atoms with van der Waals surface area (Å²) in [5.74, 6) is -0.681. The third-order valence-electron chi connectivity index (χ3n) is 5.61. The Bertz CT molecular complexity index is 1600. The molecule has 1 aliphatic rings. The SMILES string of the molecule is O=C1NC(=Nc2cccc(Cl)c2Cl)S/C1=C/c1c(OCc2ccc(C(=O)O)cc2)ccc2ccccc12. The van der Waals surface area contributed by atoms with Gasteiger partial charge < -0.3 is 15.2 Å². The predicted octanol–water partition coefficient (Wildman–Crippen LogP) is 7.32. The normalized spacial score (nSPS) is 15.4. The topological polar surface area (TPSA) is 88.0 Å². The number of carbonyl (C=O) groups is 2. The maximum Gasteiger partial charge on any atom is 0.335 e. The highest BCUT2D eigenvalue weighted by molar-refractivity contribution is 8.18. The number of amidine groups is 1. The summed E-state index contributed by atoms with van der Waals surface area (Å²) in [6.45, 7) is 0.230. The van der Waals surface area contributed by atoms with Crippen molar-refractivity contribution in [2.75, 3.05) is 0 Å². The summed E-state index contributed by atoms with van der Waals surface area (Å²) >= 11 is 13.5. The molecule has 2 N–H and O–H groups in total. The second kappa shape index (κ2) is 10.7. The standard InChI is InChI=1S/C28H18Cl2N2O4S/c29-21-6-3-7-22(25(21)30)31-28-32-26(33)24(37-28)14-20-19-5-2-1-4-17(19)12-13-23(20)36-15-16-8-10-18(11-9-16)27(34)35/h1-14H,15H2,(H,34,35)(H,31,32,33)/b24-14+. The predicted molar refractivity (Wildman–Crippen MR) is 149 cm³/mol. The van der Waals surface area contributed by atoms with Crippen LogP contribution >= 0.6 is 35.0 Å². The molecule has 0 aliphatic carbocycles. The van der Waals surface area contributed by atoms with Crippen molar-refractivity contribution in [3.63, 3.8) is 0 Å². The molecule has 4 aromatic rings. The van der Waals surface area contributed by atoms with Crippen LogP contribution in [0.2, 0.25) is 10.0 Å². The third-order valence-corrected chi connectivity index (χ3v) is 7.32. The average Bonchev–Trinajstić information content (AvgIpc) is 3.24. The molecule has 1 heterocycles. The second-order valence-corrected chi connectivity index (χ2v) is 9.86. The summed E-state index contributed by atoms with van der Waals surface area (Å²) in [6, 6.07) is 23.3. The molecule has 9 heteroatoms. The quantitative estimate of drug-likeness (QED) is 0.246. The number of carboxylic acids is 1. The lowest BCUT2D eigenvalue weighted by Crippen LogP contribution is -2.19. The molecule has 1 fully saturated rings. The van der Waals surface area contributed by atoms with Gasteiger partial charge in [-0.1, -0.05) is 71.7 Å². The zero-order valence-corrected chi connectivity index (χ0v) is 21.4. The highest BCUT2D eigenvalue weighted by Crippen LogP contribution is 2.37. The fourth-order valence-electron chi connectivity index (χ4n) is 3.75. The van der Waals surface area contributed by atoms with Crippen LogP contribution in [0.4, 0.5) is 5.69 Å². The molecule has 0 aromatic heterocycles. The van der Waals surface area contributed by atoms with E-state index in [0.717, 1.165) is 21.9 Å². The molecule has 0 bridgehead atoms. The molecule has 0 saturated carbocycles. The van der Waals surface area contributed by atoms with Crippen LogP contribution in [0.1, 0.15) is 21.5 Å².